The lowest BCUT2D eigenvalue weighted by atomic mass is 9.98. The smallest absolute Gasteiger partial charge is 0.252 e. The van der Waals surface area contributed by atoms with Gasteiger partial charge in [0.2, 0.25) is 15.9 Å². The molecule has 1 saturated heterocycles. The SMILES string of the molecule is CCCS(=O)(=O)N1CCCC(C(=O)Nc2ccc(Cl)c(C(=O)NC)c2)C1. The van der Waals surface area contributed by atoms with Crippen LogP contribution in [-0.4, -0.2) is 50.4 Å². The fourth-order valence-corrected chi connectivity index (χ4v) is 4.74. The van der Waals surface area contributed by atoms with Crippen LogP contribution in [0.3, 0.4) is 0 Å². The number of hydrogen-bond donors (Lipinski definition) is 2. The van der Waals surface area contributed by atoms with Gasteiger partial charge in [-0.3, -0.25) is 9.59 Å². The van der Waals surface area contributed by atoms with E-state index in [9.17, 15) is 18.0 Å². The van der Waals surface area contributed by atoms with E-state index in [0.717, 1.165) is 0 Å². The van der Waals surface area contributed by atoms with Crippen molar-refractivity contribution in [1.82, 2.24) is 9.62 Å². The van der Waals surface area contributed by atoms with Crippen molar-refractivity contribution in [2.45, 2.75) is 26.2 Å². The van der Waals surface area contributed by atoms with Gasteiger partial charge in [0, 0.05) is 25.8 Å². The molecule has 1 unspecified atom stereocenters. The van der Waals surface area contributed by atoms with Gasteiger partial charge in [-0.05, 0) is 37.5 Å². The first-order chi connectivity index (χ1) is 12.3. The second-order valence-electron chi connectivity index (χ2n) is 6.28. The van der Waals surface area contributed by atoms with Gasteiger partial charge >= 0.3 is 0 Å². The number of anilines is 1. The number of hydrogen-bond acceptors (Lipinski definition) is 4. The summed E-state index contributed by atoms with van der Waals surface area (Å²) < 4.78 is 25.9. The number of carbonyl (C=O) groups excluding carboxylic acids is 2. The van der Waals surface area contributed by atoms with Gasteiger partial charge in [-0.15, -0.1) is 0 Å². The van der Waals surface area contributed by atoms with Crippen LogP contribution in [-0.2, 0) is 14.8 Å². The summed E-state index contributed by atoms with van der Waals surface area (Å²) in [4.78, 5) is 24.4. The van der Waals surface area contributed by atoms with Crippen molar-refractivity contribution in [1.29, 1.82) is 0 Å². The Kier molecular flexibility index (Phi) is 7.02. The minimum atomic E-state index is -3.32. The molecular formula is C17H24ClN3O4S. The van der Waals surface area contributed by atoms with Crippen LogP contribution in [0.25, 0.3) is 0 Å². The fraction of sp³-hybridized carbons (Fsp3) is 0.529. The summed E-state index contributed by atoms with van der Waals surface area (Å²) in [5.74, 6) is -0.935. The highest BCUT2D eigenvalue weighted by molar-refractivity contribution is 7.89. The number of carbonyl (C=O) groups is 2. The van der Waals surface area contributed by atoms with Crippen molar-refractivity contribution in [2.24, 2.45) is 5.92 Å². The minimum Gasteiger partial charge on any atom is -0.355 e. The Labute approximate surface area is 159 Å². The Balaban J connectivity index is 2.09. The first kappa shape index (κ1) is 20.7. The fourth-order valence-electron chi connectivity index (χ4n) is 2.95. The van der Waals surface area contributed by atoms with E-state index >= 15 is 0 Å². The number of halogens is 1. The molecule has 144 valence electrons. The van der Waals surface area contributed by atoms with Crippen LogP contribution >= 0.6 is 11.6 Å². The molecule has 1 aliphatic rings. The number of nitrogens with one attached hydrogen (secondary N) is 2. The van der Waals surface area contributed by atoms with Crippen molar-refractivity contribution >= 4 is 39.1 Å². The number of nitrogens with zero attached hydrogens (tertiary/aromatic N) is 1. The van der Waals surface area contributed by atoms with E-state index in [1.165, 1.54) is 17.4 Å². The lowest BCUT2D eigenvalue weighted by Gasteiger charge is -2.31. The molecule has 2 rings (SSSR count). The van der Waals surface area contributed by atoms with Crippen molar-refractivity contribution in [3.63, 3.8) is 0 Å². The van der Waals surface area contributed by atoms with E-state index in [0.29, 0.717) is 31.5 Å². The Bertz CT molecular complexity index is 782. The lowest BCUT2D eigenvalue weighted by molar-refractivity contribution is -0.120. The van der Waals surface area contributed by atoms with Gasteiger partial charge in [-0.1, -0.05) is 18.5 Å². The maximum atomic E-state index is 12.6. The van der Waals surface area contributed by atoms with Crippen LogP contribution in [0.1, 0.15) is 36.5 Å². The van der Waals surface area contributed by atoms with E-state index in [2.05, 4.69) is 10.6 Å². The van der Waals surface area contributed by atoms with E-state index in [1.807, 2.05) is 6.92 Å². The first-order valence-corrected chi connectivity index (χ1v) is 10.6. The third-order valence-electron chi connectivity index (χ3n) is 4.32. The third kappa shape index (κ3) is 4.96. The average Bonchev–Trinajstić information content (AvgIpc) is 2.62. The number of rotatable bonds is 6. The van der Waals surface area contributed by atoms with E-state index in [-0.39, 0.29) is 34.7 Å². The standard InChI is InChI=1S/C17H24ClN3O4S/c1-3-9-26(24,25)21-8-4-5-12(11-21)16(22)20-13-6-7-15(18)14(10-13)17(23)19-2/h6-7,10,12H,3-5,8-9,11H2,1-2H3,(H,19,23)(H,20,22). The van der Waals surface area contributed by atoms with Crippen LogP contribution < -0.4 is 10.6 Å². The van der Waals surface area contributed by atoms with Crippen LogP contribution in [0.5, 0.6) is 0 Å². The van der Waals surface area contributed by atoms with Gasteiger partial charge in [0.15, 0.2) is 0 Å². The second kappa shape index (κ2) is 8.83. The summed E-state index contributed by atoms with van der Waals surface area (Å²) >= 11 is 6.01. The van der Waals surface area contributed by atoms with Crippen molar-refractivity contribution < 1.29 is 18.0 Å². The van der Waals surface area contributed by atoms with Crippen molar-refractivity contribution in [3.05, 3.63) is 28.8 Å². The van der Waals surface area contributed by atoms with Gasteiger partial charge in [-0.25, -0.2) is 12.7 Å². The van der Waals surface area contributed by atoms with E-state index in [4.69, 9.17) is 11.6 Å². The zero-order valence-corrected chi connectivity index (χ0v) is 16.5. The minimum absolute atomic E-state index is 0.0913. The maximum absolute atomic E-state index is 12.6. The average molecular weight is 402 g/mol. The molecule has 1 heterocycles. The first-order valence-electron chi connectivity index (χ1n) is 8.58. The number of benzene rings is 1. The van der Waals surface area contributed by atoms with E-state index in [1.54, 1.807) is 12.1 Å². The van der Waals surface area contributed by atoms with E-state index < -0.39 is 15.9 Å². The van der Waals surface area contributed by atoms with Crippen molar-refractivity contribution in [3.8, 4) is 0 Å². The maximum Gasteiger partial charge on any atom is 0.252 e. The predicted molar refractivity (Wildman–Crippen MR) is 102 cm³/mol. The molecule has 0 radical (unpaired) electrons. The monoisotopic (exact) mass is 401 g/mol. The molecule has 1 aromatic carbocycles. The molecule has 2 amide bonds. The summed E-state index contributed by atoms with van der Waals surface area (Å²) in [6, 6.07) is 4.66. The van der Waals surface area contributed by atoms with Gasteiger partial charge in [0.05, 0.1) is 22.3 Å². The quantitative estimate of drug-likeness (QED) is 0.762. The largest absolute Gasteiger partial charge is 0.355 e. The molecular weight excluding hydrogens is 378 g/mol. The predicted octanol–water partition coefficient (Wildman–Crippen LogP) is 2.09. The Morgan fingerprint density at radius 1 is 1.35 bits per heavy atom. The number of sulfonamides is 1. The zero-order chi connectivity index (χ0) is 19.3. The topological polar surface area (TPSA) is 95.6 Å². The highest BCUT2D eigenvalue weighted by atomic mass is 35.5. The highest BCUT2D eigenvalue weighted by Gasteiger charge is 2.31. The molecule has 0 aliphatic carbocycles. The van der Waals surface area contributed by atoms with Crippen molar-refractivity contribution in [2.75, 3.05) is 31.2 Å². The second-order valence-corrected chi connectivity index (χ2v) is 8.77. The summed E-state index contributed by atoms with van der Waals surface area (Å²) in [5, 5.41) is 5.54. The molecule has 0 aromatic heterocycles. The molecule has 0 saturated carbocycles. The summed E-state index contributed by atoms with van der Waals surface area (Å²) in [7, 11) is -1.82. The zero-order valence-electron chi connectivity index (χ0n) is 14.9. The Morgan fingerprint density at radius 3 is 2.73 bits per heavy atom. The molecule has 0 spiro atoms. The molecule has 1 aliphatic heterocycles. The third-order valence-corrected chi connectivity index (χ3v) is 6.69. The normalized spacial score (nSPS) is 18.3. The molecule has 1 atom stereocenters. The summed E-state index contributed by atoms with van der Waals surface area (Å²) in [6.07, 6.45) is 1.81. The molecule has 9 heteroatoms. The molecule has 1 aromatic rings. The highest BCUT2D eigenvalue weighted by Crippen LogP contribution is 2.24. The van der Waals surface area contributed by atoms with Crippen LogP contribution in [0, 0.1) is 5.92 Å². The molecule has 7 nitrogen and oxygen atoms in total. The van der Waals surface area contributed by atoms with Crippen LogP contribution in [0.2, 0.25) is 5.02 Å². The van der Waals surface area contributed by atoms with Gasteiger partial charge in [0.1, 0.15) is 0 Å². The lowest BCUT2D eigenvalue weighted by Crippen LogP contribution is -2.44. The van der Waals surface area contributed by atoms with Gasteiger partial charge < -0.3 is 10.6 Å². The number of piperidine rings is 1. The van der Waals surface area contributed by atoms with Gasteiger partial charge in [0.25, 0.3) is 5.91 Å². The Morgan fingerprint density at radius 2 is 2.08 bits per heavy atom. The molecule has 26 heavy (non-hydrogen) atoms. The molecule has 1 fully saturated rings. The molecule has 0 bridgehead atoms. The van der Waals surface area contributed by atoms with Gasteiger partial charge in [-0.2, -0.15) is 0 Å². The Hall–Kier alpha value is -1.64. The van der Waals surface area contributed by atoms with Crippen LogP contribution in [0.4, 0.5) is 5.69 Å². The van der Waals surface area contributed by atoms with Crippen LogP contribution in [0.15, 0.2) is 18.2 Å². The summed E-state index contributed by atoms with van der Waals surface area (Å²) in [5.41, 5.74) is 0.717. The number of amides is 2. The molecule has 2 N–H and O–H groups in total. The summed E-state index contributed by atoms with van der Waals surface area (Å²) in [6.45, 7) is 2.45.